The van der Waals surface area contributed by atoms with Crippen molar-refractivity contribution in [2.75, 3.05) is 10.6 Å². The Morgan fingerprint density at radius 3 is 2.73 bits per heavy atom. The van der Waals surface area contributed by atoms with Crippen molar-refractivity contribution in [3.05, 3.63) is 34.9 Å². The van der Waals surface area contributed by atoms with Crippen molar-refractivity contribution in [3.63, 3.8) is 0 Å². The van der Waals surface area contributed by atoms with E-state index in [2.05, 4.69) is 20.7 Å². The minimum Gasteiger partial charge on any atom is -0.481 e. The molecule has 2 amide bonds. The summed E-state index contributed by atoms with van der Waals surface area (Å²) in [5.41, 5.74) is 0.842. The summed E-state index contributed by atoms with van der Waals surface area (Å²) in [5.74, 6) is -1.25. The van der Waals surface area contributed by atoms with E-state index in [1.54, 1.807) is 24.3 Å². The van der Waals surface area contributed by atoms with Crippen LogP contribution in [0.4, 0.5) is 11.9 Å². The second-order valence-electron chi connectivity index (χ2n) is 5.82. The summed E-state index contributed by atoms with van der Waals surface area (Å²) in [7, 11) is 0. The van der Waals surface area contributed by atoms with E-state index in [1.807, 2.05) is 0 Å². The fourth-order valence-electron chi connectivity index (χ4n) is 2.65. The predicted octanol–water partition coefficient (Wildman–Crippen LogP) is 2.06. The first-order valence-electron chi connectivity index (χ1n) is 7.96. The Bertz CT molecular complexity index is 849. The van der Waals surface area contributed by atoms with Crippen LogP contribution in [0.3, 0.4) is 0 Å². The van der Waals surface area contributed by atoms with Crippen LogP contribution in [0.5, 0.6) is 0 Å². The zero-order chi connectivity index (χ0) is 18.7. The Labute approximate surface area is 153 Å². The molecule has 1 atom stereocenters. The van der Waals surface area contributed by atoms with Gasteiger partial charge in [-0.25, -0.2) is 4.68 Å². The third-order valence-corrected chi connectivity index (χ3v) is 4.11. The number of rotatable bonds is 6. The van der Waals surface area contributed by atoms with Crippen molar-refractivity contribution in [3.8, 4) is 0 Å². The first-order chi connectivity index (χ1) is 12.4. The standard InChI is InChI=1S/C16H16ClN5O4/c17-10-6-4-9(5-7-10)11-8-13(24)19-16-20-15(21-22(11)16)18-12(23)2-1-3-14(25)26/h4-7,11H,1-3,8H2,(H,25,26)(H2,18,19,20,21,23,24). The number of benzene rings is 1. The zero-order valence-electron chi connectivity index (χ0n) is 13.6. The molecule has 1 aromatic carbocycles. The lowest BCUT2D eigenvalue weighted by Crippen LogP contribution is -2.29. The van der Waals surface area contributed by atoms with E-state index in [0.29, 0.717) is 5.02 Å². The summed E-state index contributed by atoms with van der Waals surface area (Å²) in [6.45, 7) is 0. The second kappa shape index (κ2) is 7.52. The lowest BCUT2D eigenvalue weighted by atomic mass is 10.0. The molecule has 3 N–H and O–H groups in total. The topological polar surface area (TPSA) is 126 Å². The van der Waals surface area contributed by atoms with E-state index in [4.69, 9.17) is 16.7 Å². The number of hydrogen-bond donors (Lipinski definition) is 3. The van der Waals surface area contributed by atoms with Gasteiger partial charge in [0.2, 0.25) is 17.8 Å². The van der Waals surface area contributed by atoms with Crippen LogP contribution >= 0.6 is 11.6 Å². The number of nitrogens with zero attached hydrogens (tertiary/aromatic N) is 3. The Morgan fingerprint density at radius 1 is 1.31 bits per heavy atom. The highest BCUT2D eigenvalue weighted by Gasteiger charge is 2.29. The first kappa shape index (κ1) is 17.9. The SMILES string of the molecule is O=C(O)CCCC(=O)Nc1nc2n(n1)C(c1ccc(Cl)cc1)CC(=O)N2. The van der Waals surface area contributed by atoms with Crippen LogP contribution in [-0.4, -0.2) is 37.7 Å². The number of anilines is 2. The molecule has 0 saturated heterocycles. The average molecular weight is 378 g/mol. The van der Waals surface area contributed by atoms with E-state index in [1.165, 1.54) is 4.68 Å². The maximum Gasteiger partial charge on any atom is 0.303 e. The van der Waals surface area contributed by atoms with Crippen LogP contribution in [0.2, 0.25) is 5.02 Å². The molecule has 0 radical (unpaired) electrons. The van der Waals surface area contributed by atoms with Gasteiger partial charge in [-0.05, 0) is 24.1 Å². The van der Waals surface area contributed by atoms with Crippen molar-refractivity contribution in [1.29, 1.82) is 0 Å². The van der Waals surface area contributed by atoms with E-state index in [9.17, 15) is 14.4 Å². The molecule has 0 bridgehead atoms. The van der Waals surface area contributed by atoms with Gasteiger partial charge in [-0.1, -0.05) is 23.7 Å². The maximum absolute atomic E-state index is 12.0. The fraction of sp³-hybridized carbons (Fsp3) is 0.312. The molecule has 3 rings (SSSR count). The summed E-state index contributed by atoms with van der Waals surface area (Å²) in [4.78, 5) is 38.4. The molecule has 1 unspecified atom stereocenters. The molecule has 2 aromatic rings. The molecule has 0 fully saturated rings. The quantitative estimate of drug-likeness (QED) is 0.707. The molecule has 10 heteroatoms. The molecule has 0 aliphatic carbocycles. The lowest BCUT2D eigenvalue weighted by molar-refractivity contribution is -0.137. The van der Waals surface area contributed by atoms with Gasteiger partial charge in [-0.2, -0.15) is 4.98 Å². The van der Waals surface area contributed by atoms with Gasteiger partial charge in [0.15, 0.2) is 0 Å². The molecule has 0 spiro atoms. The Morgan fingerprint density at radius 2 is 2.04 bits per heavy atom. The van der Waals surface area contributed by atoms with Gasteiger partial charge in [-0.15, -0.1) is 5.10 Å². The van der Waals surface area contributed by atoms with Crippen molar-refractivity contribution in [2.24, 2.45) is 0 Å². The number of carbonyl (C=O) groups excluding carboxylic acids is 2. The summed E-state index contributed by atoms with van der Waals surface area (Å²) in [5, 5.41) is 18.6. The van der Waals surface area contributed by atoms with Crippen molar-refractivity contribution in [1.82, 2.24) is 14.8 Å². The number of carboxylic acid groups (broad SMARTS) is 1. The second-order valence-corrected chi connectivity index (χ2v) is 6.26. The summed E-state index contributed by atoms with van der Waals surface area (Å²) >= 11 is 5.90. The summed E-state index contributed by atoms with van der Waals surface area (Å²) < 4.78 is 1.54. The minimum absolute atomic E-state index is 0.0448. The van der Waals surface area contributed by atoms with Gasteiger partial charge in [-0.3, -0.25) is 25.0 Å². The van der Waals surface area contributed by atoms with Gasteiger partial charge >= 0.3 is 5.97 Å². The van der Waals surface area contributed by atoms with Crippen LogP contribution in [0.15, 0.2) is 24.3 Å². The number of hydrogen-bond acceptors (Lipinski definition) is 5. The van der Waals surface area contributed by atoms with Gasteiger partial charge in [0.05, 0.1) is 12.5 Å². The van der Waals surface area contributed by atoms with Crippen molar-refractivity contribution in [2.45, 2.75) is 31.7 Å². The molecule has 1 aliphatic heterocycles. The van der Waals surface area contributed by atoms with E-state index in [-0.39, 0.29) is 55.4 Å². The van der Waals surface area contributed by atoms with Crippen molar-refractivity contribution >= 4 is 41.3 Å². The summed E-state index contributed by atoms with van der Waals surface area (Å²) in [6, 6.07) is 6.71. The van der Waals surface area contributed by atoms with Crippen LogP contribution in [0.25, 0.3) is 0 Å². The van der Waals surface area contributed by atoms with Crippen molar-refractivity contribution < 1.29 is 19.5 Å². The number of nitrogens with one attached hydrogen (secondary N) is 2. The third-order valence-electron chi connectivity index (χ3n) is 3.86. The summed E-state index contributed by atoms with van der Waals surface area (Å²) in [6.07, 6.45) is 0.362. The van der Waals surface area contributed by atoms with Crippen LogP contribution in [-0.2, 0) is 14.4 Å². The number of halogens is 1. The highest BCUT2D eigenvalue weighted by Crippen LogP contribution is 2.30. The highest BCUT2D eigenvalue weighted by atomic mass is 35.5. The normalized spacial score (nSPS) is 15.9. The molecule has 26 heavy (non-hydrogen) atoms. The number of aromatic nitrogens is 3. The molecule has 1 aromatic heterocycles. The number of amides is 2. The molecular weight excluding hydrogens is 362 g/mol. The zero-order valence-corrected chi connectivity index (χ0v) is 14.4. The van der Waals surface area contributed by atoms with Crippen LogP contribution in [0.1, 0.15) is 37.3 Å². The largest absolute Gasteiger partial charge is 0.481 e. The molecular formula is C16H16ClN5O4. The van der Waals surface area contributed by atoms with E-state index in [0.717, 1.165) is 5.56 Å². The van der Waals surface area contributed by atoms with Gasteiger partial charge < -0.3 is 5.11 Å². The van der Waals surface area contributed by atoms with E-state index < -0.39 is 5.97 Å². The third kappa shape index (κ3) is 4.17. The maximum atomic E-state index is 12.0. The Hall–Kier alpha value is -2.94. The highest BCUT2D eigenvalue weighted by molar-refractivity contribution is 6.30. The Balaban J connectivity index is 1.75. The van der Waals surface area contributed by atoms with Crippen LogP contribution in [0, 0.1) is 0 Å². The number of carbonyl (C=O) groups is 3. The first-order valence-corrected chi connectivity index (χ1v) is 8.33. The molecule has 9 nitrogen and oxygen atoms in total. The monoisotopic (exact) mass is 377 g/mol. The average Bonchev–Trinajstić information content (AvgIpc) is 2.96. The molecule has 0 saturated carbocycles. The molecule has 2 heterocycles. The lowest BCUT2D eigenvalue weighted by Gasteiger charge is -2.23. The van der Waals surface area contributed by atoms with Gasteiger partial charge in [0.25, 0.3) is 5.95 Å². The smallest absolute Gasteiger partial charge is 0.303 e. The number of aliphatic carboxylic acids is 1. The van der Waals surface area contributed by atoms with Gasteiger partial charge in [0, 0.05) is 17.9 Å². The Kier molecular flexibility index (Phi) is 5.17. The minimum atomic E-state index is -0.957. The van der Waals surface area contributed by atoms with Crippen LogP contribution < -0.4 is 10.6 Å². The van der Waals surface area contributed by atoms with Gasteiger partial charge in [0.1, 0.15) is 0 Å². The molecule has 136 valence electrons. The number of carboxylic acids is 1. The number of fused-ring (bicyclic) bond motifs is 1. The predicted molar refractivity (Wildman–Crippen MR) is 93.0 cm³/mol. The van der Waals surface area contributed by atoms with E-state index >= 15 is 0 Å². The fourth-order valence-corrected chi connectivity index (χ4v) is 2.77. The molecule has 1 aliphatic rings.